The van der Waals surface area contributed by atoms with E-state index in [9.17, 15) is 14.0 Å². The molecule has 0 fully saturated rings. The Bertz CT molecular complexity index is 497. The molecule has 1 atom stereocenters. The smallest absolute Gasteiger partial charge is 0.320 e. The van der Waals surface area contributed by atoms with Gasteiger partial charge in [-0.3, -0.25) is 14.9 Å². The maximum atomic E-state index is 12.8. The molecule has 0 aromatic heterocycles. The third kappa shape index (κ3) is 5.14. The van der Waals surface area contributed by atoms with E-state index in [-0.39, 0.29) is 17.3 Å². The Kier molecular flexibility index (Phi) is 6.41. The molecule has 5 nitrogen and oxygen atoms in total. The summed E-state index contributed by atoms with van der Waals surface area (Å²) in [6, 6.07) is 2.83. The van der Waals surface area contributed by atoms with Crippen molar-refractivity contribution < 1.29 is 19.1 Å². The normalized spacial score (nSPS) is 11.9. The first kappa shape index (κ1) is 16.4. The fourth-order valence-corrected chi connectivity index (χ4v) is 1.82. The van der Waals surface area contributed by atoms with Gasteiger partial charge in [-0.2, -0.15) is 0 Å². The summed E-state index contributed by atoms with van der Waals surface area (Å²) in [5.74, 6) is -1.94. The molecular weight excluding hydrogens is 287 g/mol. The first-order valence-corrected chi connectivity index (χ1v) is 6.53. The Morgan fingerprint density at radius 2 is 2.15 bits per heavy atom. The van der Waals surface area contributed by atoms with E-state index in [0.29, 0.717) is 12.8 Å². The SMILES string of the molecule is CCCC(NCC(=O)Nc1ccc(F)cc1Cl)C(=O)O. The van der Waals surface area contributed by atoms with Gasteiger partial charge in [-0.05, 0) is 24.6 Å². The predicted molar refractivity (Wildman–Crippen MR) is 74.4 cm³/mol. The molecular formula is C13H16ClFN2O3. The van der Waals surface area contributed by atoms with Gasteiger partial charge in [0.15, 0.2) is 0 Å². The van der Waals surface area contributed by atoms with Crippen LogP contribution in [0.4, 0.5) is 10.1 Å². The minimum Gasteiger partial charge on any atom is -0.480 e. The number of halogens is 2. The van der Waals surface area contributed by atoms with E-state index in [2.05, 4.69) is 10.6 Å². The Balaban J connectivity index is 2.53. The van der Waals surface area contributed by atoms with Gasteiger partial charge in [0.2, 0.25) is 5.91 Å². The molecule has 1 aromatic rings. The lowest BCUT2D eigenvalue weighted by atomic mass is 10.2. The Labute approximate surface area is 121 Å². The zero-order valence-corrected chi connectivity index (χ0v) is 11.7. The summed E-state index contributed by atoms with van der Waals surface area (Å²) < 4.78 is 12.8. The van der Waals surface area contributed by atoms with E-state index < -0.39 is 23.7 Å². The molecule has 110 valence electrons. The van der Waals surface area contributed by atoms with Crippen LogP contribution < -0.4 is 10.6 Å². The van der Waals surface area contributed by atoms with Gasteiger partial charge in [-0.25, -0.2) is 4.39 Å². The molecule has 0 aliphatic rings. The summed E-state index contributed by atoms with van der Waals surface area (Å²) in [4.78, 5) is 22.6. The van der Waals surface area contributed by atoms with Gasteiger partial charge in [0, 0.05) is 0 Å². The van der Waals surface area contributed by atoms with E-state index in [1.807, 2.05) is 6.92 Å². The number of hydrogen-bond donors (Lipinski definition) is 3. The average molecular weight is 303 g/mol. The fourth-order valence-electron chi connectivity index (χ4n) is 1.60. The van der Waals surface area contributed by atoms with Crippen LogP contribution in [0, 0.1) is 5.82 Å². The minimum atomic E-state index is -1.00. The van der Waals surface area contributed by atoms with Gasteiger partial charge in [0.05, 0.1) is 17.3 Å². The number of hydrogen-bond acceptors (Lipinski definition) is 3. The van der Waals surface area contributed by atoms with E-state index in [0.717, 1.165) is 6.07 Å². The summed E-state index contributed by atoms with van der Waals surface area (Å²) in [5, 5.41) is 14.1. The van der Waals surface area contributed by atoms with Crippen LogP contribution in [-0.2, 0) is 9.59 Å². The molecule has 0 saturated heterocycles. The summed E-state index contributed by atoms with van der Waals surface area (Å²) >= 11 is 5.77. The molecule has 0 aliphatic carbocycles. The van der Waals surface area contributed by atoms with Crippen LogP contribution in [0.2, 0.25) is 5.02 Å². The first-order valence-electron chi connectivity index (χ1n) is 6.15. The van der Waals surface area contributed by atoms with E-state index in [1.165, 1.54) is 12.1 Å². The molecule has 1 rings (SSSR count). The van der Waals surface area contributed by atoms with Crippen LogP contribution in [0.3, 0.4) is 0 Å². The molecule has 0 spiro atoms. The summed E-state index contributed by atoms with van der Waals surface area (Å²) in [7, 11) is 0. The van der Waals surface area contributed by atoms with E-state index >= 15 is 0 Å². The second-order valence-electron chi connectivity index (χ2n) is 4.23. The Morgan fingerprint density at radius 3 is 2.70 bits per heavy atom. The van der Waals surface area contributed by atoms with Gasteiger partial charge in [-0.1, -0.05) is 24.9 Å². The van der Waals surface area contributed by atoms with E-state index in [4.69, 9.17) is 16.7 Å². The summed E-state index contributed by atoms with van der Waals surface area (Å²) in [5.41, 5.74) is 0.280. The number of carbonyl (C=O) groups is 2. The Hall–Kier alpha value is -1.66. The molecule has 1 aromatic carbocycles. The topological polar surface area (TPSA) is 78.4 Å². The predicted octanol–water partition coefficient (Wildman–Crippen LogP) is 2.26. The van der Waals surface area contributed by atoms with Crippen molar-refractivity contribution in [1.29, 1.82) is 0 Å². The zero-order valence-electron chi connectivity index (χ0n) is 11.0. The minimum absolute atomic E-state index is 0.0849. The molecule has 7 heteroatoms. The average Bonchev–Trinajstić information content (AvgIpc) is 2.37. The lowest BCUT2D eigenvalue weighted by molar-refractivity contribution is -0.139. The van der Waals surface area contributed by atoms with Crippen molar-refractivity contribution in [3.63, 3.8) is 0 Å². The van der Waals surface area contributed by atoms with Crippen LogP contribution in [-0.4, -0.2) is 29.6 Å². The molecule has 0 bridgehead atoms. The number of nitrogens with one attached hydrogen (secondary N) is 2. The maximum Gasteiger partial charge on any atom is 0.320 e. The van der Waals surface area contributed by atoms with Crippen molar-refractivity contribution >= 4 is 29.2 Å². The monoisotopic (exact) mass is 302 g/mol. The van der Waals surface area contributed by atoms with Gasteiger partial charge < -0.3 is 10.4 Å². The quantitative estimate of drug-likeness (QED) is 0.722. The number of amides is 1. The highest BCUT2D eigenvalue weighted by atomic mass is 35.5. The maximum absolute atomic E-state index is 12.8. The van der Waals surface area contributed by atoms with Crippen molar-refractivity contribution in [3.8, 4) is 0 Å². The van der Waals surface area contributed by atoms with Crippen LogP contribution in [0.5, 0.6) is 0 Å². The molecule has 3 N–H and O–H groups in total. The van der Waals surface area contributed by atoms with Gasteiger partial charge in [0.25, 0.3) is 0 Å². The second-order valence-corrected chi connectivity index (χ2v) is 4.64. The Morgan fingerprint density at radius 1 is 1.45 bits per heavy atom. The summed E-state index contributed by atoms with van der Waals surface area (Å²) in [6.07, 6.45) is 1.12. The number of carboxylic acids is 1. The molecule has 1 amide bonds. The first-order chi connectivity index (χ1) is 9.43. The number of carbonyl (C=O) groups excluding carboxylic acids is 1. The lowest BCUT2D eigenvalue weighted by Crippen LogP contribution is -2.41. The highest BCUT2D eigenvalue weighted by Crippen LogP contribution is 2.22. The summed E-state index contributed by atoms with van der Waals surface area (Å²) in [6.45, 7) is 1.70. The van der Waals surface area contributed by atoms with Crippen molar-refractivity contribution in [2.24, 2.45) is 0 Å². The zero-order chi connectivity index (χ0) is 15.1. The largest absolute Gasteiger partial charge is 0.480 e. The fraction of sp³-hybridized carbons (Fsp3) is 0.385. The molecule has 1 unspecified atom stereocenters. The van der Waals surface area contributed by atoms with Crippen molar-refractivity contribution in [2.45, 2.75) is 25.8 Å². The van der Waals surface area contributed by atoms with Crippen molar-refractivity contribution in [2.75, 3.05) is 11.9 Å². The number of carboxylic acid groups (broad SMARTS) is 1. The number of rotatable bonds is 7. The number of aliphatic carboxylic acids is 1. The molecule has 0 aliphatic heterocycles. The van der Waals surface area contributed by atoms with Crippen molar-refractivity contribution in [1.82, 2.24) is 5.32 Å². The second kappa shape index (κ2) is 7.81. The molecule has 0 saturated carbocycles. The third-order valence-electron chi connectivity index (χ3n) is 2.59. The van der Waals surface area contributed by atoms with Crippen LogP contribution >= 0.6 is 11.6 Å². The van der Waals surface area contributed by atoms with Gasteiger partial charge in [-0.15, -0.1) is 0 Å². The number of benzene rings is 1. The van der Waals surface area contributed by atoms with Gasteiger partial charge in [0.1, 0.15) is 11.9 Å². The van der Waals surface area contributed by atoms with Crippen LogP contribution in [0.15, 0.2) is 18.2 Å². The highest BCUT2D eigenvalue weighted by Gasteiger charge is 2.17. The standard InChI is InChI=1S/C13H16ClFN2O3/c1-2-3-11(13(19)20)16-7-12(18)17-10-5-4-8(15)6-9(10)14/h4-6,11,16H,2-3,7H2,1H3,(H,17,18)(H,19,20). The molecule has 0 radical (unpaired) electrons. The highest BCUT2D eigenvalue weighted by molar-refractivity contribution is 6.33. The molecule has 0 heterocycles. The number of anilines is 1. The van der Waals surface area contributed by atoms with Crippen molar-refractivity contribution in [3.05, 3.63) is 29.0 Å². The van der Waals surface area contributed by atoms with Crippen LogP contribution in [0.25, 0.3) is 0 Å². The van der Waals surface area contributed by atoms with E-state index in [1.54, 1.807) is 0 Å². The lowest BCUT2D eigenvalue weighted by Gasteiger charge is -2.13. The third-order valence-corrected chi connectivity index (χ3v) is 2.90. The van der Waals surface area contributed by atoms with Gasteiger partial charge >= 0.3 is 5.97 Å². The van der Waals surface area contributed by atoms with Crippen LogP contribution in [0.1, 0.15) is 19.8 Å². The molecule has 20 heavy (non-hydrogen) atoms.